The third-order valence-corrected chi connectivity index (χ3v) is 3.28. The van der Waals surface area contributed by atoms with Crippen LogP contribution in [0.5, 0.6) is 0 Å². The van der Waals surface area contributed by atoms with Gasteiger partial charge in [0, 0.05) is 25.4 Å². The standard InChI is InChI=1S/C14H15N3O3S/c18-8-3-9-20-13(19)10-21-14-16-7-5-12(17-14)11-4-1-2-6-15-11/h1-2,4-7,18H,3,8-10H2. The summed E-state index contributed by atoms with van der Waals surface area (Å²) in [5.74, 6) is -0.211. The predicted octanol–water partition coefficient (Wildman–Crippen LogP) is 1.56. The Morgan fingerprint density at radius 3 is 2.86 bits per heavy atom. The van der Waals surface area contributed by atoms with Gasteiger partial charge in [0.1, 0.15) is 0 Å². The van der Waals surface area contributed by atoms with E-state index in [0.717, 1.165) is 5.69 Å². The summed E-state index contributed by atoms with van der Waals surface area (Å²) in [7, 11) is 0. The highest BCUT2D eigenvalue weighted by Gasteiger charge is 2.08. The molecule has 0 amide bonds. The Bertz CT molecular complexity index is 581. The molecule has 0 aliphatic rings. The van der Waals surface area contributed by atoms with Crippen molar-refractivity contribution in [3.63, 3.8) is 0 Å². The number of nitrogens with zero attached hydrogens (tertiary/aromatic N) is 3. The van der Waals surface area contributed by atoms with Gasteiger partial charge in [-0.25, -0.2) is 9.97 Å². The lowest BCUT2D eigenvalue weighted by Crippen LogP contribution is -2.09. The van der Waals surface area contributed by atoms with Crippen molar-refractivity contribution < 1.29 is 14.6 Å². The fourth-order valence-electron chi connectivity index (χ4n) is 1.48. The third kappa shape index (κ3) is 5.13. The number of rotatable bonds is 7. The van der Waals surface area contributed by atoms with E-state index in [2.05, 4.69) is 15.0 Å². The Morgan fingerprint density at radius 2 is 2.10 bits per heavy atom. The zero-order chi connectivity index (χ0) is 14.9. The Balaban J connectivity index is 1.91. The van der Waals surface area contributed by atoms with Crippen LogP contribution in [0.25, 0.3) is 11.4 Å². The fraction of sp³-hybridized carbons (Fsp3) is 0.286. The van der Waals surface area contributed by atoms with Crippen molar-refractivity contribution in [1.82, 2.24) is 15.0 Å². The van der Waals surface area contributed by atoms with Gasteiger partial charge >= 0.3 is 5.97 Å². The molecule has 0 aliphatic carbocycles. The van der Waals surface area contributed by atoms with Gasteiger partial charge < -0.3 is 9.84 Å². The molecule has 0 aromatic carbocycles. The number of esters is 1. The van der Waals surface area contributed by atoms with Crippen LogP contribution in [-0.2, 0) is 9.53 Å². The maximum Gasteiger partial charge on any atom is 0.316 e. The summed E-state index contributed by atoms with van der Waals surface area (Å²) < 4.78 is 4.93. The Morgan fingerprint density at radius 1 is 1.19 bits per heavy atom. The van der Waals surface area contributed by atoms with E-state index < -0.39 is 0 Å². The van der Waals surface area contributed by atoms with Crippen LogP contribution in [0.3, 0.4) is 0 Å². The Kier molecular flexibility index (Phi) is 6.11. The van der Waals surface area contributed by atoms with Gasteiger partial charge in [-0.2, -0.15) is 0 Å². The molecule has 0 bridgehead atoms. The lowest BCUT2D eigenvalue weighted by Gasteiger charge is -2.04. The maximum atomic E-state index is 11.5. The molecule has 0 fully saturated rings. The highest BCUT2D eigenvalue weighted by atomic mass is 32.2. The van der Waals surface area contributed by atoms with Crippen molar-refractivity contribution in [3.05, 3.63) is 36.7 Å². The second-order valence-electron chi connectivity index (χ2n) is 4.03. The SMILES string of the molecule is O=C(CSc1nccc(-c2ccccn2)n1)OCCCO. The topological polar surface area (TPSA) is 85.2 Å². The summed E-state index contributed by atoms with van der Waals surface area (Å²) in [5, 5.41) is 9.10. The molecule has 1 N–H and O–H groups in total. The number of carbonyl (C=O) groups excluding carboxylic acids is 1. The van der Waals surface area contributed by atoms with Gasteiger partial charge in [-0.3, -0.25) is 9.78 Å². The molecule has 2 rings (SSSR count). The number of aromatic nitrogens is 3. The molecule has 2 aromatic rings. The van der Waals surface area contributed by atoms with Crippen LogP contribution in [-0.4, -0.2) is 45.0 Å². The fourth-order valence-corrected chi connectivity index (χ4v) is 2.11. The van der Waals surface area contributed by atoms with Crippen LogP contribution < -0.4 is 0 Å². The zero-order valence-electron chi connectivity index (χ0n) is 11.3. The largest absolute Gasteiger partial charge is 0.465 e. The zero-order valence-corrected chi connectivity index (χ0v) is 12.1. The van der Waals surface area contributed by atoms with Gasteiger partial charge in [-0.15, -0.1) is 0 Å². The average Bonchev–Trinajstić information content (AvgIpc) is 2.54. The smallest absolute Gasteiger partial charge is 0.316 e. The van der Waals surface area contributed by atoms with Gasteiger partial charge in [0.2, 0.25) is 0 Å². The van der Waals surface area contributed by atoms with E-state index in [1.807, 2.05) is 18.2 Å². The third-order valence-electron chi connectivity index (χ3n) is 2.45. The quantitative estimate of drug-likeness (QED) is 0.359. The molecule has 0 saturated heterocycles. The van der Waals surface area contributed by atoms with Crippen LogP contribution in [0.1, 0.15) is 6.42 Å². The summed E-state index contributed by atoms with van der Waals surface area (Å²) in [6.07, 6.45) is 3.78. The van der Waals surface area contributed by atoms with Crippen molar-refractivity contribution in [3.8, 4) is 11.4 Å². The minimum Gasteiger partial charge on any atom is -0.465 e. The number of aliphatic hydroxyl groups excluding tert-OH is 1. The van der Waals surface area contributed by atoms with Crippen molar-refractivity contribution in [2.24, 2.45) is 0 Å². The van der Waals surface area contributed by atoms with E-state index >= 15 is 0 Å². The first-order valence-corrected chi connectivity index (χ1v) is 7.42. The highest BCUT2D eigenvalue weighted by molar-refractivity contribution is 7.99. The Hall–Kier alpha value is -1.99. The molecule has 21 heavy (non-hydrogen) atoms. The van der Waals surface area contributed by atoms with Crippen molar-refractivity contribution in [2.45, 2.75) is 11.6 Å². The van der Waals surface area contributed by atoms with Crippen LogP contribution in [0.15, 0.2) is 41.8 Å². The lowest BCUT2D eigenvalue weighted by molar-refractivity contribution is -0.140. The van der Waals surface area contributed by atoms with Gasteiger partial charge in [-0.1, -0.05) is 17.8 Å². The number of thioether (sulfide) groups is 1. The van der Waals surface area contributed by atoms with Crippen molar-refractivity contribution in [1.29, 1.82) is 0 Å². The molecule has 0 unspecified atom stereocenters. The number of carbonyl (C=O) groups is 1. The summed E-state index contributed by atoms with van der Waals surface area (Å²) in [6, 6.07) is 7.35. The number of hydrogen-bond acceptors (Lipinski definition) is 7. The second-order valence-corrected chi connectivity index (χ2v) is 4.97. The van der Waals surface area contributed by atoms with E-state index in [4.69, 9.17) is 9.84 Å². The first kappa shape index (κ1) is 15.4. The number of pyridine rings is 1. The minimum absolute atomic E-state index is 0.00958. The normalized spacial score (nSPS) is 10.3. The molecule has 2 heterocycles. The van der Waals surface area contributed by atoms with E-state index in [0.29, 0.717) is 17.3 Å². The van der Waals surface area contributed by atoms with Gasteiger partial charge in [-0.05, 0) is 18.2 Å². The molecule has 0 spiro atoms. The minimum atomic E-state index is -0.347. The molecule has 0 atom stereocenters. The molecule has 0 aliphatic heterocycles. The monoisotopic (exact) mass is 305 g/mol. The molecule has 0 saturated carbocycles. The molecule has 0 radical (unpaired) electrons. The van der Waals surface area contributed by atoms with Crippen LogP contribution >= 0.6 is 11.8 Å². The van der Waals surface area contributed by atoms with Crippen molar-refractivity contribution >= 4 is 17.7 Å². The average molecular weight is 305 g/mol. The molecule has 110 valence electrons. The Labute approximate surface area is 126 Å². The lowest BCUT2D eigenvalue weighted by atomic mass is 10.3. The van der Waals surface area contributed by atoms with Crippen LogP contribution in [0, 0.1) is 0 Å². The molecular formula is C14H15N3O3S. The van der Waals surface area contributed by atoms with Crippen LogP contribution in [0.2, 0.25) is 0 Å². The number of hydrogen-bond donors (Lipinski definition) is 1. The first-order valence-electron chi connectivity index (χ1n) is 6.43. The van der Waals surface area contributed by atoms with E-state index in [9.17, 15) is 4.79 Å². The second kappa shape index (κ2) is 8.33. The number of ether oxygens (including phenoxy) is 1. The van der Waals surface area contributed by atoms with E-state index in [-0.39, 0.29) is 24.9 Å². The molecule has 7 heteroatoms. The number of aliphatic hydroxyl groups is 1. The summed E-state index contributed by atoms with van der Waals surface area (Å²) in [6.45, 7) is 0.236. The first-order chi connectivity index (χ1) is 10.3. The molecule has 2 aromatic heterocycles. The van der Waals surface area contributed by atoms with Crippen LogP contribution in [0.4, 0.5) is 0 Å². The van der Waals surface area contributed by atoms with E-state index in [1.54, 1.807) is 18.5 Å². The summed E-state index contributed by atoms with van der Waals surface area (Å²) in [5.41, 5.74) is 1.47. The predicted molar refractivity (Wildman–Crippen MR) is 78.6 cm³/mol. The highest BCUT2D eigenvalue weighted by Crippen LogP contribution is 2.18. The summed E-state index contributed by atoms with van der Waals surface area (Å²) in [4.78, 5) is 24.1. The maximum absolute atomic E-state index is 11.5. The molecular weight excluding hydrogens is 290 g/mol. The van der Waals surface area contributed by atoms with Gasteiger partial charge in [0.05, 0.1) is 23.7 Å². The van der Waals surface area contributed by atoms with Crippen molar-refractivity contribution in [2.75, 3.05) is 19.0 Å². The molecule has 6 nitrogen and oxygen atoms in total. The van der Waals surface area contributed by atoms with Gasteiger partial charge in [0.25, 0.3) is 0 Å². The van der Waals surface area contributed by atoms with Gasteiger partial charge in [0.15, 0.2) is 5.16 Å². The van der Waals surface area contributed by atoms with E-state index in [1.165, 1.54) is 11.8 Å². The summed E-state index contributed by atoms with van der Waals surface area (Å²) >= 11 is 1.21.